The van der Waals surface area contributed by atoms with Crippen LogP contribution in [0.15, 0.2) is 30.6 Å². The molecule has 0 aliphatic carbocycles. The lowest BCUT2D eigenvalue weighted by Gasteiger charge is -2.26. The highest BCUT2D eigenvalue weighted by Gasteiger charge is 2.23. The summed E-state index contributed by atoms with van der Waals surface area (Å²) in [6, 6.07) is 5.90. The van der Waals surface area contributed by atoms with Crippen molar-refractivity contribution in [2.45, 2.75) is 45.6 Å². The van der Waals surface area contributed by atoms with Gasteiger partial charge in [0.25, 0.3) is 5.91 Å². The number of carbonyl (C=O) groups is 1. The first-order valence-corrected chi connectivity index (χ1v) is 9.38. The highest BCUT2D eigenvalue weighted by atomic mass is 16.2. The second kappa shape index (κ2) is 8.25. The van der Waals surface area contributed by atoms with E-state index in [2.05, 4.69) is 19.9 Å². The maximum absolute atomic E-state index is 13.0. The Morgan fingerprint density at radius 1 is 1.27 bits per heavy atom. The molecule has 1 atom stereocenters. The van der Waals surface area contributed by atoms with E-state index in [4.69, 9.17) is 0 Å². The lowest BCUT2D eigenvalue weighted by Crippen LogP contribution is -2.37. The summed E-state index contributed by atoms with van der Waals surface area (Å²) in [5.41, 5.74) is 2.41. The molecule has 0 bridgehead atoms. The van der Waals surface area contributed by atoms with E-state index in [1.165, 1.54) is 12.8 Å². The molecule has 6 nitrogen and oxygen atoms in total. The molecule has 1 amide bonds. The summed E-state index contributed by atoms with van der Waals surface area (Å²) < 4.78 is 0. The van der Waals surface area contributed by atoms with Crippen molar-refractivity contribution in [1.29, 1.82) is 0 Å². The highest BCUT2D eigenvalue weighted by molar-refractivity contribution is 5.95. The summed E-state index contributed by atoms with van der Waals surface area (Å²) in [7, 11) is 1.84. The summed E-state index contributed by atoms with van der Waals surface area (Å²) in [4.78, 5) is 30.5. The molecule has 1 aliphatic rings. The Kier molecular flexibility index (Phi) is 5.81. The molecule has 1 fully saturated rings. The van der Waals surface area contributed by atoms with Crippen LogP contribution in [-0.4, -0.2) is 51.9 Å². The lowest BCUT2D eigenvalue weighted by atomic mass is 10.1. The predicted octanol–water partition coefficient (Wildman–Crippen LogP) is 2.74. The molecular weight excluding hydrogens is 326 g/mol. The topological polar surface area (TPSA) is 62.2 Å². The molecule has 1 aliphatic heterocycles. The molecule has 0 unspecified atom stereocenters. The number of amides is 1. The number of anilines is 1. The fourth-order valence-corrected chi connectivity index (χ4v) is 3.27. The minimum absolute atomic E-state index is 0.0294. The van der Waals surface area contributed by atoms with Gasteiger partial charge in [-0.05, 0) is 38.3 Å². The molecule has 0 saturated carbocycles. The van der Waals surface area contributed by atoms with Crippen LogP contribution in [0.5, 0.6) is 0 Å². The number of pyridine rings is 1. The minimum Gasteiger partial charge on any atom is -0.341 e. The van der Waals surface area contributed by atoms with Crippen LogP contribution in [0.3, 0.4) is 0 Å². The smallest absolute Gasteiger partial charge is 0.257 e. The van der Waals surface area contributed by atoms with E-state index >= 15 is 0 Å². The molecule has 3 heterocycles. The summed E-state index contributed by atoms with van der Waals surface area (Å²) in [6.45, 7) is 6.07. The molecule has 138 valence electrons. The molecule has 0 radical (unpaired) electrons. The third kappa shape index (κ3) is 4.00. The average molecular weight is 353 g/mol. The van der Waals surface area contributed by atoms with Gasteiger partial charge in [0.2, 0.25) is 5.95 Å². The number of hydrogen-bond donors (Lipinski definition) is 0. The minimum atomic E-state index is -0.0294. The molecule has 26 heavy (non-hydrogen) atoms. The van der Waals surface area contributed by atoms with E-state index in [0.717, 1.165) is 36.8 Å². The van der Waals surface area contributed by atoms with Crippen LogP contribution >= 0.6 is 0 Å². The average Bonchev–Trinajstić information content (AvgIpc) is 3.22. The van der Waals surface area contributed by atoms with Crippen LogP contribution in [-0.2, 0) is 12.8 Å². The standard InChI is InChI=1S/C20H27N5O/c1-4-18-17(14-22-20(23-18)25-11-7-8-12-25)19(26)24(3)15(2)13-16-9-5-6-10-21-16/h5-6,9-10,14-15H,4,7-8,11-13H2,1-3H3/t15-/m1/s1. The van der Waals surface area contributed by atoms with Crippen LogP contribution in [0.4, 0.5) is 5.95 Å². The number of nitrogens with zero attached hydrogens (tertiary/aromatic N) is 5. The van der Waals surface area contributed by atoms with E-state index in [-0.39, 0.29) is 11.9 Å². The Bertz CT molecular complexity index is 743. The van der Waals surface area contributed by atoms with Crippen molar-refractivity contribution in [3.63, 3.8) is 0 Å². The van der Waals surface area contributed by atoms with E-state index in [9.17, 15) is 4.79 Å². The lowest BCUT2D eigenvalue weighted by molar-refractivity contribution is 0.0741. The van der Waals surface area contributed by atoms with Crippen LogP contribution < -0.4 is 4.90 Å². The summed E-state index contributed by atoms with van der Waals surface area (Å²) in [6.07, 6.45) is 7.28. The molecule has 3 rings (SSSR count). The Morgan fingerprint density at radius 3 is 2.69 bits per heavy atom. The Morgan fingerprint density at radius 2 is 2.04 bits per heavy atom. The number of rotatable bonds is 6. The summed E-state index contributed by atoms with van der Waals surface area (Å²) >= 11 is 0. The Hall–Kier alpha value is -2.50. The normalized spacial score (nSPS) is 15.1. The molecule has 1 saturated heterocycles. The van der Waals surface area contributed by atoms with Crippen molar-refractivity contribution in [3.05, 3.63) is 47.5 Å². The molecule has 0 spiro atoms. The molecule has 6 heteroatoms. The third-order valence-electron chi connectivity index (χ3n) is 5.02. The SMILES string of the molecule is CCc1nc(N2CCCC2)ncc1C(=O)N(C)[C@H](C)Cc1ccccn1. The Balaban J connectivity index is 1.75. The van der Waals surface area contributed by atoms with Crippen molar-refractivity contribution in [2.24, 2.45) is 0 Å². The van der Waals surface area contributed by atoms with Gasteiger partial charge in [-0.3, -0.25) is 9.78 Å². The van der Waals surface area contributed by atoms with Gasteiger partial charge in [-0.1, -0.05) is 13.0 Å². The number of aromatic nitrogens is 3. The van der Waals surface area contributed by atoms with Gasteiger partial charge in [0, 0.05) is 50.7 Å². The van der Waals surface area contributed by atoms with Gasteiger partial charge in [-0.2, -0.15) is 0 Å². The van der Waals surface area contributed by atoms with Gasteiger partial charge in [-0.25, -0.2) is 9.97 Å². The van der Waals surface area contributed by atoms with Crippen LogP contribution in [0, 0.1) is 0 Å². The van der Waals surface area contributed by atoms with E-state index in [1.54, 1.807) is 17.3 Å². The number of aryl methyl sites for hydroxylation is 1. The number of likely N-dealkylation sites (N-methyl/N-ethyl adjacent to an activating group) is 1. The van der Waals surface area contributed by atoms with Crippen molar-refractivity contribution in [1.82, 2.24) is 19.9 Å². The molecule has 2 aromatic rings. The monoisotopic (exact) mass is 353 g/mol. The fraction of sp³-hybridized carbons (Fsp3) is 0.500. The third-order valence-corrected chi connectivity index (χ3v) is 5.02. The van der Waals surface area contributed by atoms with Gasteiger partial charge < -0.3 is 9.80 Å². The highest BCUT2D eigenvalue weighted by Crippen LogP contribution is 2.19. The first-order valence-electron chi connectivity index (χ1n) is 9.38. The zero-order chi connectivity index (χ0) is 18.5. The van der Waals surface area contributed by atoms with Gasteiger partial charge in [0.1, 0.15) is 0 Å². The maximum Gasteiger partial charge on any atom is 0.257 e. The summed E-state index contributed by atoms with van der Waals surface area (Å²) in [5.74, 6) is 0.721. The van der Waals surface area contributed by atoms with E-state index in [0.29, 0.717) is 12.0 Å². The quantitative estimate of drug-likeness (QED) is 0.799. The largest absolute Gasteiger partial charge is 0.341 e. The molecule has 0 aromatic carbocycles. The number of carbonyl (C=O) groups excluding carboxylic acids is 1. The number of hydrogen-bond acceptors (Lipinski definition) is 5. The maximum atomic E-state index is 13.0. The Labute approximate surface area is 155 Å². The molecule has 0 N–H and O–H groups in total. The first-order chi connectivity index (χ1) is 12.6. The van der Waals surface area contributed by atoms with Crippen molar-refractivity contribution < 1.29 is 4.79 Å². The van der Waals surface area contributed by atoms with Crippen LogP contribution in [0.2, 0.25) is 0 Å². The van der Waals surface area contributed by atoms with Gasteiger partial charge >= 0.3 is 0 Å². The first kappa shape index (κ1) is 18.3. The van der Waals surface area contributed by atoms with Crippen molar-refractivity contribution in [3.8, 4) is 0 Å². The van der Waals surface area contributed by atoms with Gasteiger partial charge in [-0.15, -0.1) is 0 Å². The summed E-state index contributed by atoms with van der Waals surface area (Å²) in [5, 5.41) is 0. The van der Waals surface area contributed by atoms with Crippen LogP contribution in [0.25, 0.3) is 0 Å². The van der Waals surface area contributed by atoms with Crippen molar-refractivity contribution in [2.75, 3.05) is 25.0 Å². The van der Waals surface area contributed by atoms with Crippen LogP contribution in [0.1, 0.15) is 48.4 Å². The van der Waals surface area contributed by atoms with E-state index in [1.807, 2.05) is 39.1 Å². The molecule has 2 aromatic heterocycles. The zero-order valence-corrected chi connectivity index (χ0v) is 15.9. The second-order valence-electron chi connectivity index (χ2n) is 6.87. The second-order valence-corrected chi connectivity index (χ2v) is 6.87. The van der Waals surface area contributed by atoms with Gasteiger partial charge in [0.05, 0.1) is 11.3 Å². The van der Waals surface area contributed by atoms with E-state index < -0.39 is 0 Å². The van der Waals surface area contributed by atoms with Crippen molar-refractivity contribution >= 4 is 11.9 Å². The van der Waals surface area contributed by atoms with Gasteiger partial charge in [0.15, 0.2) is 0 Å². The fourth-order valence-electron chi connectivity index (χ4n) is 3.27. The zero-order valence-electron chi connectivity index (χ0n) is 15.9. The molecular formula is C20H27N5O. The predicted molar refractivity (Wildman–Crippen MR) is 102 cm³/mol.